The summed E-state index contributed by atoms with van der Waals surface area (Å²) >= 11 is 0. The zero-order chi connectivity index (χ0) is 19.6. The molecule has 0 unspecified atom stereocenters. The van der Waals surface area contributed by atoms with Crippen molar-refractivity contribution in [3.05, 3.63) is 48.2 Å². The summed E-state index contributed by atoms with van der Waals surface area (Å²) in [5.41, 5.74) is 3.38. The van der Waals surface area contributed by atoms with E-state index in [1.807, 2.05) is 31.9 Å². The second-order valence-electron chi connectivity index (χ2n) is 8.71. The van der Waals surface area contributed by atoms with Gasteiger partial charge in [0.2, 0.25) is 5.91 Å². The van der Waals surface area contributed by atoms with E-state index in [9.17, 15) is 4.79 Å². The molecule has 2 aromatic rings. The molecule has 1 aromatic carbocycles. The highest BCUT2D eigenvalue weighted by Crippen LogP contribution is 2.25. The minimum Gasteiger partial charge on any atom is -0.353 e. The Morgan fingerprint density at radius 3 is 2.26 bits per heavy atom. The lowest BCUT2D eigenvalue weighted by Gasteiger charge is -2.38. The SMILES string of the molecule is CC(C)c1cccc(-c2ccc(N3CCN(C(=O)C(C)(C)C)CC3)nc2)c1. The molecule has 1 aliphatic heterocycles. The number of benzene rings is 1. The van der Waals surface area contributed by atoms with Crippen molar-refractivity contribution in [3.8, 4) is 11.1 Å². The minimum atomic E-state index is -0.313. The lowest BCUT2D eigenvalue weighted by Crippen LogP contribution is -2.51. The number of hydrogen-bond acceptors (Lipinski definition) is 3. The largest absolute Gasteiger partial charge is 0.353 e. The van der Waals surface area contributed by atoms with Crippen LogP contribution in [0.2, 0.25) is 0 Å². The maximum atomic E-state index is 12.4. The average Bonchev–Trinajstić information content (AvgIpc) is 2.67. The van der Waals surface area contributed by atoms with Gasteiger partial charge in [0.1, 0.15) is 5.82 Å². The summed E-state index contributed by atoms with van der Waals surface area (Å²) in [6.45, 7) is 13.6. The van der Waals surface area contributed by atoms with Crippen LogP contribution in [0, 0.1) is 5.41 Å². The van der Waals surface area contributed by atoms with Crippen molar-refractivity contribution < 1.29 is 4.79 Å². The van der Waals surface area contributed by atoms with Crippen molar-refractivity contribution in [1.82, 2.24) is 9.88 Å². The van der Waals surface area contributed by atoms with E-state index in [1.165, 1.54) is 11.1 Å². The number of piperazine rings is 1. The Labute approximate surface area is 163 Å². The molecule has 0 saturated carbocycles. The zero-order valence-electron chi connectivity index (χ0n) is 17.2. The van der Waals surface area contributed by atoms with E-state index in [-0.39, 0.29) is 11.3 Å². The summed E-state index contributed by atoms with van der Waals surface area (Å²) in [6, 6.07) is 12.9. The molecule has 0 aliphatic carbocycles. The molecule has 0 spiro atoms. The van der Waals surface area contributed by atoms with Crippen LogP contribution >= 0.6 is 0 Å². The Kier molecular flexibility index (Phi) is 5.54. The summed E-state index contributed by atoms with van der Waals surface area (Å²) in [7, 11) is 0. The lowest BCUT2D eigenvalue weighted by atomic mass is 9.94. The van der Waals surface area contributed by atoms with E-state index >= 15 is 0 Å². The van der Waals surface area contributed by atoms with Crippen LogP contribution in [0.15, 0.2) is 42.6 Å². The third-order valence-electron chi connectivity index (χ3n) is 5.17. The first-order valence-electron chi connectivity index (χ1n) is 9.86. The third-order valence-corrected chi connectivity index (χ3v) is 5.17. The summed E-state index contributed by atoms with van der Waals surface area (Å²) < 4.78 is 0. The van der Waals surface area contributed by atoms with Crippen LogP contribution in [0.1, 0.15) is 46.1 Å². The first-order chi connectivity index (χ1) is 12.8. The molecule has 0 bridgehead atoms. The van der Waals surface area contributed by atoms with Gasteiger partial charge in [-0.05, 0) is 29.2 Å². The molecule has 1 aromatic heterocycles. The Bertz CT molecular complexity index is 782. The molecular formula is C23H31N3O. The van der Waals surface area contributed by atoms with E-state index in [0.717, 1.165) is 37.6 Å². The van der Waals surface area contributed by atoms with E-state index in [4.69, 9.17) is 4.98 Å². The molecule has 0 atom stereocenters. The van der Waals surface area contributed by atoms with Gasteiger partial charge < -0.3 is 9.80 Å². The number of amides is 1. The molecule has 1 amide bonds. The Morgan fingerprint density at radius 2 is 1.70 bits per heavy atom. The predicted octanol–water partition coefficient (Wildman–Crippen LogP) is 4.57. The van der Waals surface area contributed by atoms with Gasteiger partial charge in [-0.2, -0.15) is 0 Å². The first-order valence-corrected chi connectivity index (χ1v) is 9.86. The highest BCUT2D eigenvalue weighted by Gasteiger charge is 2.29. The molecule has 4 nitrogen and oxygen atoms in total. The molecule has 27 heavy (non-hydrogen) atoms. The van der Waals surface area contributed by atoms with Gasteiger partial charge in [0.15, 0.2) is 0 Å². The number of carbonyl (C=O) groups is 1. The number of rotatable bonds is 3. The van der Waals surface area contributed by atoms with Crippen LogP contribution in [0.5, 0.6) is 0 Å². The maximum Gasteiger partial charge on any atom is 0.228 e. The van der Waals surface area contributed by atoms with E-state index in [0.29, 0.717) is 5.92 Å². The molecular weight excluding hydrogens is 334 g/mol. The fraction of sp³-hybridized carbons (Fsp3) is 0.478. The second-order valence-corrected chi connectivity index (χ2v) is 8.71. The highest BCUT2D eigenvalue weighted by atomic mass is 16.2. The smallest absolute Gasteiger partial charge is 0.228 e. The van der Waals surface area contributed by atoms with Crippen LogP contribution in [0.3, 0.4) is 0 Å². The topological polar surface area (TPSA) is 36.4 Å². The number of anilines is 1. The molecule has 1 fully saturated rings. The Hall–Kier alpha value is -2.36. The summed E-state index contributed by atoms with van der Waals surface area (Å²) in [5.74, 6) is 1.74. The van der Waals surface area contributed by atoms with Gasteiger partial charge in [-0.3, -0.25) is 4.79 Å². The van der Waals surface area contributed by atoms with Gasteiger partial charge in [-0.25, -0.2) is 4.98 Å². The van der Waals surface area contributed by atoms with Crippen LogP contribution in [0.25, 0.3) is 11.1 Å². The van der Waals surface area contributed by atoms with Crippen LogP contribution in [-0.4, -0.2) is 42.0 Å². The van der Waals surface area contributed by atoms with Crippen LogP contribution < -0.4 is 4.90 Å². The van der Waals surface area contributed by atoms with E-state index < -0.39 is 0 Å². The fourth-order valence-corrected chi connectivity index (χ4v) is 3.43. The summed E-state index contributed by atoms with van der Waals surface area (Å²) in [4.78, 5) is 21.4. The molecule has 1 aliphatic rings. The monoisotopic (exact) mass is 365 g/mol. The number of nitrogens with zero attached hydrogens (tertiary/aromatic N) is 3. The fourth-order valence-electron chi connectivity index (χ4n) is 3.43. The quantitative estimate of drug-likeness (QED) is 0.800. The van der Waals surface area contributed by atoms with Crippen molar-refractivity contribution in [2.75, 3.05) is 31.1 Å². The molecule has 0 N–H and O–H groups in total. The van der Waals surface area contributed by atoms with Gasteiger partial charge in [-0.1, -0.05) is 58.9 Å². The van der Waals surface area contributed by atoms with Gasteiger partial charge in [0.05, 0.1) is 0 Å². The first kappa shape index (κ1) is 19.4. The second kappa shape index (κ2) is 7.71. The number of hydrogen-bond donors (Lipinski definition) is 0. The predicted molar refractivity (Wildman–Crippen MR) is 112 cm³/mol. The summed E-state index contributed by atoms with van der Waals surface area (Å²) in [5, 5.41) is 0. The summed E-state index contributed by atoms with van der Waals surface area (Å²) in [6.07, 6.45) is 1.96. The van der Waals surface area contributed by atoms with Crippen molar-refractivity contribution >= 4 is 11.7 Å². The number of aromatic nitrogens is 1. The van der Waals surface area contributed by atoms with Crippen LogP contribution in [0.4, 0.5) is 5.82 Å². The zero-order valence-corrected chi connectivity index (χ0v) is 17.2. The number of pyridine rings is 1. The van der Waals surface area contributed by atoms with Gasteiger partial charge in [0, 0.05) is 43.4 Å². The molecule has 4 heteroatoms. The Balaban J connectivity index is 1.67. The lowest BCUT2D eigenvalue weighted by molar-refractivity contribution is -0.139. The molecule has 1 saturated heterocycles. The minimum absolute atomic E-state index is 0.232. The normalized spacial score (nSPS) is 15.3. The van der Waals surface area contributed by atoms with E-state index in [1.54, 1.807) is 0 Å². The van der Waals surface area contributed by atoms with Crippen LogP contribution in [-0.2, 0) is 4.79 Å². The van der Waals surface area contributed by atoms with Gasteiger partial charge >= 0.3 is 0 Å². The van der Waals surface area contributed by atoms with Crippen molar-refractivity contribution in [1.29, 1.82) is 0 Å². The Morgan fingerprint density at radius 1 is 1.00 bits per heavy atom. The van der Waals surface area contributed by atoms with Crippen molar-refractivity contribution in [3.63, 3.8) is 0 Å². The molecule has 0 radical (unpaired) electrons. The third kappa shape index (κ3) is 4.49. The molecule has 2 heterocycles. The van der Waals surface area contributed by atoms with E-state index in [2.05, 4.69) is 55.1 Å². The molecule has 144 valence electrons. The maximum absolute atomic E-state index is 12.4. The van der Waals surface area contributed by atoms with Gasteiger partial charge in [-0.15, -0.1) is 0 Å². The highest BCUT2D eigenvalue weighted by molar-refractivity contribution is 5.81. The molecule has 3 rings (SSSR count). The average molecular weight is 366 g/mol. The van der Waals surface area contributed by atoms with Crippen molar-refractivity contribution in [2.45, 2.75) is 40.5 Å². The standard InChI is InChI=1S/C23H31N3O/c1-17(2)18-7-6-8-19(15-18)20-9-10-21(24-16-20)25-11-13-26(14-12-25)22(27)23(3,4)5/h6-10,15-17H,11-14H2,1-5H3. The van der Waals surface area contributed by atoms with Crippen molar-refractivity contribution in [2.24, 2.45) is 5.41 Å². The van der Waals surface area contributed by atoms with Gasteiger partial charge in [0.25, 0.3) is 0 Å². The number of carbonyl (C=O) groups excluding carboxylic acids is 1.